The predicted molar refractivity (Wildman–Crippen MR) is 67.3 cm³/mol. The van der Waals surface area contributed by atoms with Crippen molar-refractivity contribution in [3.8, 4) is 5.75 Å². The van der Waals surface area contributed by atoms with Gasteiger partial charge in [-0.05, 0) is 43.9 Å². The molecule has 116 valence electrons. The van der Waals surface area contributed by atoms with Gasteiger partial charge < -0.3 is 9.84 Å². The monoisotopic (exact) mass is 304 g/mol. The topological polar surface area (TPSA) is 29.5 Å². The first-order valence-electron chi connectivity index (χ1n) is 7.02. The summed E-state index contributed by atoms with van der Waals surface area (Å²) in [6, 6.07) is 3.88. The maximum atomic E-state index is 13.2. The van der Waals surface area contributed by atoms with Gasteiger partial charge in [-0.3, -0.25) is 0 Å². The first kappa shape index (κ1) is 14.6. The van der Waals surface area contributed by atoms with E-state index in [-0.39, 0.29) is 32.1 Å². The fourth-order valence-corrected chi connectivity index (χ4v) is 3.39. The number of benzene rings is 1. The number of fused-ring (bicyclic) bond motifs is 1. The van der Waals surface area contributed by atoms with Gasteiger partial charge >= 0.3 is 6.18 Å². The molecule has 2 nitrogen and oxygen atoms in total. The van der Waals surface area contributed by atoms with E-state index in [1.165, 1.54) is 18.2 Å². The zero-order valence-electron chi connectivity index (χ0n) is 11.3. The fourth-order valence-electron chi connectivity index (χ4n) is 3.39. The van der Waals surface area contributed by atoms with E-state index in [9.17, 15) is 22.7 Å². The molecule has 0 bridgehead atoms. The Labute approximate surface area is 119 Å². The number of halogens is 4. The summed E-state index contributed by atoms with van der Waals surface area (Å²) >= 11 is 0. The molecule has 1 N–H and O–H groups in total. The standard InChI is InChI=1S/C15H16F4O2/c16-10-1-2-13-11(7-10)12(20)8-14(21-13)5-3-9(4-6-14)15(17,18)19/h1-2,7,9,12,20H,3-6,8H2. The Morgan fingerprint density at radius 2 is 1.86 bits per heavy atom. The van der Waals surface area contributed by atoms with Crippen LogP contribution in [0.5, 0.6) is 5.75 Å². The summed E-state index contributed by atoms with van der Waals surface area (Å²) in [5, 5.41) is 10.2. The Kier molecular flexibility index (Phi) is 3.39. The van der Waals surface area contributed by atoms with Crippen LogP contribution in [0.3, 0.4) is 0 Å². The molecule has 1 heterocycles. The molecule has 1 atom stereocenters. The molecular formula is C15H16F4O2. The lowest BCUT2D eigenvalue weighted by Crippen LogP contribution is -2.46. The van der Waals surface area contributed by atoms with E-state index in [0.717, 1.165) is 0 Å². The highest BCUT2D eigenvalue weighted by molar-refractivity contribution is 5.38. The Hall–Kier alpha value is -1.30. The van der Waals surface area contributed by atoms with Crippen LogP contribution < -0.4 is 4.74 Å². The molecule has 1 saturated carbocycles. The number of alkyl halides is 3. The van der Waals surface area contributed by atoms with E-state index in [4.69, 9.17) is 4.74 Å². The highest BCUT2D eigenvalue weighted by Crippen LogP contribution is 2.49. The number of aliphatic hydroxyl groups is 1. The molecule has 1 unspecified atom stereocenters. The van der Waals surface area contributed by atoms with Gasteiger partial charge in [0.1, 0.15) is 17.2 Å². The summed E-state index contributed by atoms with van der Waals surface area (Å²) < 4.78 is 57.2. The summed E-state index contributed by atoms with van der Waals surface area (Å²) in [4.78, 5) is 0. The number of hydrogen-bond donors (Lipinski definition) is 1. The number of aliphatic hydroxyl groups excluding tert-OH is 1. The molecule has 1 spiro atoms. The van der Waals surface area contributed by atoms with Gasteiger partial charge in [-0.2, -0.15) is 13.2 Å². The van der Waals surface area contributed by atoms with Crippen molar-refractivity contribution in [2.75, 3.05) is 0 Å². The van der Waals surface area contributed by atoms with Crippen molar-refractivity contribution >= 4 is 0 Å². The molecule has 21 heavy (non-hydrogen) atoms. The largest absolute Gasteiger partial charge is 0.487 e. The van der Waals surface area contributed by atoms with Gasteiger partial charge in [-0.25, -0.2) is 4.39 Å². The minimum absolute atomic E-state index is 0.00669. The lowest BCUT2D eigenvalue weighted by Gasteiger charge is -2.45. The van der Waals surface area contributed by atoms with E-state index in [1.807, 2.05) is 0 Å². The van der Waals surface area contributed by atoms with Crippen LogP contribution in [-0.2, 0) is 0 Å². The maximum Gasteiger partial charge on any atom is 0.391 e. The minimum atomic E-state index is -4.17. The SMILES string of the molecule is OC1CC2(CCC(C(F)(F)F)CC2)Oc2ccc(F)cc21. The molecule has 6 heteroatoms. The number of hydrogen-bond acceptors (Lipinski definition) is 2. The molecule has 2 aliphatic rings. The van der Waals surface area contributed by atoms with Gasteiger partial charge in [0.05, 0.1) is 12.0 Å². The second-order valence-corrected chi connectivity index (χ2v) is 6.00. The predicted octanol–water partition coefficient (Wildman–Crippen LogP) is 4.13. The molecule has 1 fully saturated rings. The van der Waals surface area contributed by atoms with Gasteiger partial charge in [-0.15, -0.1) is 0 Å². The molecule has 1 aliphatic heterocycles. The van der Waals surface area contributed by atoms with Crippen molar-refractivity contribution in [1.29, 1.82) is 0 Å². The second kappa shape index (κ2) is 4.87. The van der Waals surface area contributed by atoms with E-state index >= 15 is 0 Å². The third kappa shape index (κ3) is 2.73. The molecule has 0 radical (unpaired) electrons. The lowest BCUT2D eigenvalue weighted by atomic mass is 9.74. The van der Waals surface area contributed by atoms with Crippen molar-refractivity contribution in [3.63, 3.8) is 0 Å². The summed E-state index contributed by atoms with van der Waals surface area (Å²) in [5.74, 6) is -1.38. The summed E-state index contributed by atoms with van der Waals surface area (Å²) in [5.41, 5.74) is -0.384. The first-order chi connectivity index (χ1) is 9.79. The Morgan fingerprint density at radius 1 is 1.19 bits per heavy atom. The number of ether oxygens (including phenoxy) is 1. The average molecular weight is 304 g/mol. The van der Waals surface area contributed by atoms with Gasteiger partial charge in [0, 0.05) is 12.0 Å². The van der Waals surface area contributed by atoms with Crippen LogP contribution in [0.4, 0.5) is 17.6 Å². The van der Waals surface area contributed by atoms with Crippen LogP contribution in [0.1, 0.15) is 43.8 Å². The van der Waals surface area contributed by atoms with Crippen LogP contribution in [-0.4, -0.2) is 16.9 Å². The molecule has 1 aliphatic carbocycles. The minimum Gasteiger partial charge on any atom is -0.487 e. The lowest BCUT2D eigenvalue weighted by molar-refractivity contribution is -0.193. The van der Waals surface area contributed by atoms with Crippen molar-refractivity contribution in [2.45, 2.75) is 50.0 Å². The van der Waals surface area contributed by atoms with Crippen molar-refractivity contribution in [1.82, 2.24) is 0 Å². The second-order valence-electron chi connectivity index (χ2n) is 6.00. The van der Waals surface area contributed by atoms with E-state index in [1.54, 1.807) is 0 Å². The smallest absolute Gasteiger partial charge is 0.391 e. The van der Waals surface area contributed by atoms with E-state index in [0.29, 0.717) is 11.3 Å². The Morgan fingerprint density at radius 3 is 2.48 bits per heavy atom. The highest BCUT2D eigenvalue weighted by atomic mass is 19.4. The Bertz CT molecular complexity index is 533. The third-order valence-electron chi connectivity index (χ3n) is 4.58. The molecule has 1 aromatic rings. The van der Waals surface area contributed by atoms with Gasteiger partial charge in [0.25, 0.3) is 0 Å². The average Bonchev–Trinajstić information content (AvgIpc) is 2.39. The number of rotatable bonds is 0. The van der Waals surface area contributed by atoms with Crippen LogP contribution >= 0.6 is 0 Å². The summed E-state index contributed by atoms with van der Waals surface area (Å²) in [6.07, 6.45) is -4.33. The third-order valence-corrected chi connectivity index (χ3v) is 4.58. The zero-order chi connectivity index (χ0) is 15.3. The molecule has 1 aromatic carbocycles. The molecule has 0 amide bonds. The molecule has 3 rings (SSSR count). The molecule has 0 saturated heterocycles. The normalized spacial score (nSPS) is 32.6. The maximum absolute atomic E-state index is 13.2. The van der Waals surface area contributed by atoms with Crippen LogP contribution in [0, 0.1) is 11.7 Å². The van der Waals surface area contributed by atoms with Crippen molar-refractivity contribution < 1.29 is 27.4 Å². The van der Waals surface area contributed by atoms with Crippen LogP contribution in [0.2, 0.25) is 0 Å². The van der Waals surface area contributed by atoms with Crippen LogP contribution in [0.15, 0.2) is 18.2 Å². The zero-order valence-corrected chi connectivity index (χ0v) is 11.3. The first-order valence-corrected chi connectivity index (χ1v) is 7.02. The Balaban J connectivity index is 1.79. The quantitative estimate of drug-likeness (QED) is 0.730. The molecule has 0 aromatic heterocycles. The summed E-state index contributed by atoms with van der Waals surface area (Å²) in [7, 11) is 0. The fraction of sp³-hybridized carbons (Fsp3) is 0.600. The van der Waals surface area contributed by atoms with Gasteiger partial charge in [0.2, 0.25) is 0 Å². The molecular weight excluding hydrogens is 288 g/mol. The van der Waals surface area contributed by atoms with E-state index in [2.05, 4.69) is 0 Å². The van der Waals surface area contributed by atoms with Crippen LogP contribution in [0.25, 0.3) is 0 Å². The van der Waals surface area contributed by atoms with Crippen molar-refractivity contribution in [2.24, 2.45) is 5.92 Å². The van der Waals surface area contributed by atoms with Crippen molar-refractivity contribution in [3.05, 3.63) is 29.6 Å². The highest BCUT2D eigenvalue weighted by Gasteiger charge is 2.49. The summed E-state index contributed by atoms with van der Waals surface area (Å²) in [6.45, 7) is 0. The van der Waals surface area contributed by atoms with Gasteiger partial charge in [0.15, 0.2) is 0 Å². The van der Waals surface area contributed by atoms with E-state index < -0.39 is 29.6 Å². The van der Waals surface area contributed by atoms with Gasteiger partial charge in [-0.1, -0.05) is 0 Å².